The number of Topliss-reactive ketones (excluding diaryl/α,β-unsaturated/α-hetero) is 1. The highest BCUT2D eigenvalue weighted by atomic mass is 35.5. The number of aryl methyl sites for hydroxylation is 1. The maximum Gasteiger partial charge on any atom is 0.300 e. The Morgan fingerprint density at radius 1 is 1.03 bits per heavy atom. The van der Waals surface area contributed by atoms with E-state index in [1.165, 1.54) is 4.90 Å². The van der Waals surface area contributed by atoms with Crippen LogP contribution in [0.4, 0.5) is 5.69 Å². The summed E-state index contributed by atoms with van der Waals surface area (Å²) in [5.41, 5.74) is 2.49. The van der Waals surface area contributed by atoms with E-state index in [2.05, 4.69) is 4.98 Å². The van der Waals surface area contributed by atoms with Crippen molar-refractivity contribution in [3.05, 3.63) is 100 Å². The minimum atomic E-state index is -0.780. The van der Waals surface area contributed by atoms with Crippen molar-refractivity contribution in [1.82, 2.24) is 4.98 Å². The molecule has 4 rings (SSSR count). The molecule has 6 heteroatoms. The maximum absolute atomic E-state index is 13.1. The lowest BCUT2D eigenvalue weighted by Crippen LogP contribution is -2.30. The summed E-state index contributed by atoms with van der Waals surface area (Å²) in [5.74, 6) is -1.64. The summed E-state index contributed by atoms with van der Waals surface area (Å²) in [5, 5.41) is 11.5. The normalized spacial score (nSPS) is 18.3. The standard InChI is InChI=1S/C23H17ClN2O3/c1-14-13-17(24)7-8-18(14)26-20(15-9-11-25-12-10-15)19(22(28)23(26)29)21(27)16-5-3-2-4-6-16/h2-13,20,27H,1H3/b21-19+. The van der Waals surface area contributed by atoms with Crippen LogP contribution in [0.25, 0.3) is 5.76 Å². The molecule has 1 N–H and O–H groups in total. The molecule has 0 aliphatic carbocycles. The fraction of sp³-hybridized carbons (Fsp3) is 0.0870. The molecule has 0 bridgehead atoms. The number of carbonyl (C=O) groups excluding carboxylic acids is 2. The fourth-order valence-electron chi connectivity index (χ4n) is 3.58. The molecule has 1 saturated heterocycles. The molecule has 5 nitrogen and oxygen atoms in total. The summed E-state index contributed by atoms with van der Waals surface area (Å²) in [6.07, 6.45) is 3.18. The van der Waals surface area contributed by atoms with Gasteiger partial charge in [0, 0.05) is 28.7 Å². The average molecular weight is 405 g/mol. The molecule has 0 saturated carbocycles. The third-order valence-corrected chi connectivity index (χ3v) is 5.17. The van der Waals surface area contributed by atoms with Crippen LogP contribution in [0.5, 0.6) is 0 Å². The molecule has 1 aliphatic heterocycles. The molecular weight excluding hydrogens is 388 g/mol. The van der Waals surface area contributed by atoms with Crippen molar-refractivity contribution in [2.24, 2.45) is 0 Å². The summed E-state index contributed by atoms with van der Waals surface area (Å²) in [6.45, 7) is 1.82. The van der Waals surface area contributed by atoms with Crippen LogP contribution in [0.3, 0.4) is 0 Å². The second kappa shape index (κ2) is 7.53. The van der Waals surface area contributed by atoms with Crippen LogP contribution in [0.15, 0.2) is 78.6 Å². The number of aliphatic hydroxyl groups is 1. The first kappa shape index (κ1) is 18.9. The third-order valence-electron chi connectivity index (χ3n) is 4.93. The highest BCUT2D eigenvalue weighted by molar-refractivity contribution is 6.51. The van der Waals surface area contributed by atoms with Crippen molar-refractivity contribution in [2.45, 2.75) is 13.0 Å². The predicted molar refractivity (Wildman–Crippen MR) is 112 cm³/mol. The molecule has 1 aliphatic rings. The minimum Gasteiger partial charge on any atom is -0.507 e. The number of ketones is 1. The van der Waals surface area contributed by atoms with Gasteiger partial charge in [-0.15, -0.1) is 0 Å². The van der Waals surface area contributed by atoms with Gasteiger partial charge in [-0.2, -0.15) is 0 Å². The van der Waals surface area contributed by atoms with E-state index >= 15 is 0 Å². The molecule has 0 spiro atoms. The molecule has 0 radical (unpaired) electrons. The molecular formula is C23H17ClN2O3. The van der Waals surface area contributed by atoms with Gasteiger partial charge < -0.3 is 5.11 Å². The largest absolute Gasteiger partial charge is 0.507 e. The Morgan fingerprint density at radius 3 is 2.38 bits per heavy atom. The second-order valence-corrected chi connectivity index (χ2v) is 7.18. The number of halogens is 1. The van der Waals surface area contributed by atoms with E-state index in [9.17, 15) is 14.7 Å². The molecule has 1 amide bonds. The molecule has 1 atom stereocenters. The summed E-state index contributed by atoms with van der Waals surface area (Å²) < 4.78 is 0. The van der Waals surface area contributed by atoms with E-state index in [-0.39, 0.29) is 11.3 Å². The van der Waals surface area contributed by atoms with Crippen LogP contribution in [-0.4, -0.2) is 21.8 Å². The Bertz CT molecular complexity index is 1130. The third kappa shape index (κ3) is 3.30. The van der Waals surface area contributed by atoms with Crippen LogP contribution < -0.4 is 4.90 Å². The average Bonchev–Trinajstić information content (AvgIpc) is 3.00. The van der Waals surface area contributed by atoms with E-state index in [0.717, 1.165) is 5.56 Å². The maximum atomic E-state index is 13.1. The lowest BCUT2D eigenvalue weighted by Gasteiger charge is -2.26. The Hall–Kier alpha value is -3.44. The Labute approximate surface area is 172 Å². The zero-order valence-corrected chi connectivity index (χ0v) is 16.3. The molecule has 1 fully saturated rings. The van der Waals surface area contributed by atoms with Crippen molar-refractivity contribution < 1.29 is 14.7 Å². The number of anilines is 1. The molecule has 1 unspecified atom stereocenters. The quantitative estimate of drug-likeness (QED) is 0.391. The molecule has 29 heavy (non-hydrogen) atoms. The zero-order chi connectivity index (χ0) is 20.5. The number of benzene rings is 2. The van der Waals surface area contributed by atoms with Crippen LogP contribution in [0.2, 0.25) is 5.02 Å². The number of hydrogen-bond donors (Lipinski definition) is 1. The van der Waals surface area contributed by atoms with Crippen LogP contribution in [0.1, 0.15) is 22.7 Å². The molecule has 144 valence electrons. The van der Waals surface area contributed by atoms with Crippen LogP contribution >= 0.6 is 11.6 Å². The lowest BCUT2D eigenvalue weighted by atomic mass is 9.95. The summed E-state index contributed by atoms with van der Waals surface area (Å²) in [7, 11) is 0. The van der Waals surface area contributed by atoms with E-state index in [1.807, 2.05) is 13.0 Å². The van der Waals surface area contributed by atoms with Gasteiger partial charge in [0.15, 0.2) is 0 Å². The topological polar surface area (TPSA) is 70.5 Å². The first-order valence-corrected chi connectivity index (χ1v) is 9.39. The van der Waals surface area contributed by atoms with Crippen molar-refractivity contribution in [3.8, 4) is 0 Å². The van der Waals surface area contributed by atoms with Gasteiger partial charge in [0.2, 0.25) is 0 Å². The molecule has 2 heterocycles. The molecule has 3 aromatic rings. The minimum absolute atomic E-state index is 0.0433. The Kier molecular flexibility index (Phi) is 4.91. The van der Waals surface area contributed by atoms with E-state index in [0.29, 0.717) is 21.8 Å². The Morgan fingerprint density at radius 2 is 1.72 bits per heavy atom. The Balaban J connectivity index is 1.97. The molecule has 2 aromatic carbocycles. The van der Waals surface area contributed by atoms with Gasteiger partial charge >= 0.3 is 0 Å². The summed E-state index contributed by atoms with van der Waals surface area (Å²) in [6, 6.07) is 16.5. The van der Waals surface area contributed by atoms with Crippen molar-refractivity contribution in [3.63, 3.8) is 0 Å². The van der Waals surface area contributed by atoms with Crippen molar-refractivity contribution in [2.75, 3.05) is 4.90 Å². The number of amides is 1. The predicted octanol–water partition coefficient (Wildman–Crippen LogP) is 4.67. The van der Waals surface area contributed by atoms with E-state index in [4.69, 9.17) is 11.6 Å². The highest BCUT2D eigenvalue weighted by Gasteiger charge is 2.47. The van der Waals surface area contributed by atoms with Gasteiger partial charge in [-0.25, -0.2) is 0 Å². The van der Waals surface area contributed by atoms with Gasteiger partial charge in [-0.05, 0) is 48.4 Å². The first-order valence-electron chi connectivity index (χ1n) is 9.01. The van der Waals surface area contributed by atoms with Gasteiger partial charge in [0.1, 0.15) is 5.76 Å². The monoisotopic (exact) mass is 404 g/mol. The van der Waals surface area contributed by atoms with Crippen LogP contribution in [0, 0.1) is 6.92 Å². The SMILES string of the molecule is Cc1cc(Cl)ccc1N1C(=O)C(=O)/C(=C(/O)c2ccccc2)C1c1ccncc1. The van der Waals surface area contributed by atoms with Crippen LogP contribution in [-0.2, 0) is 9.59 Å². The number of carbonyl (C=O) groups is 2. The van der Waals surface area contributed by atoms with Gasteiger partial charge in [0.25, 0.3) is 11.7 Å². The zero-order valence-electron chi connectivity index (χ0n) is 15.5. The number of aliphatic hydroxyl groups excluding tert-OH is 1. The van der Waals surface area contributed by atoms with E-state index in [1.54, 1.807) is 67.0 Å². The smallest absolute Gasteiger partial charge is 0.300 e. The summed E-state index contributed by atoms with van der Waals surface area (Å²) in [4.78, 5) is 31.5. The number of rotatable bonds is 3. The first-order chi connectivity index (χ1) is 14.0. The number of pyridine rings is 1. The number of hydrogen-bond acceptors (Lipinski definition) is 4. The number of aromatic nitrogens is 1. The second-order valence-electron chi connectivity index (χ2n) is 6.75. The molecule has 1 aromatic heterocycles. The van der Waals surface area contributed by atoms with Gasteiger partial charge in [-0.3, -0.25) is 19.5 Å². The number of nitrogens with zero attached hydrogens (tertiary/aromatic N) is 2. The summed E-state index contributed by atoms with van der Waals surface area (Å²) >= 11 is 6.07. The van der Waals surface area contributed by atoms with Gasteiger partial charge in [0.05, 0.1) is 11.6 Å². The lowest BCUT2D eigenvalue weighted by molar-refractivity contribution is -0.132. The fourth-order valence-corrected chi connectivity index (χ4v) is 3.81. The van der Waals surface area contributed by atoms with Crippen molar-refractivity contribution >= 4 is 34.7 Å². The highest BCUT2D eigenvalue weighted by Crippen LogP contribution is 2.43. The van der Waals surface area contributed by atoms with Crippen molar-refractivity contribution in [1.29, 1.82) is 0 Å². The van der Waals surface area contributed by atoms with E-state index < -0.39 is 17.7 Å². The van der Waals surface area contributed by atoms with Gasteiger partial charge in [-0.1, -0.05) is 41.9 Å².